The third-order valence-electron chi connectivity index (χ3n) is 10.7. The van der Waals surface area contributed by atoms with Crippen LogP contribution in [0.2, 0.25) is 0 Å². The molecule has 1 aliphatic rings. The summed E-state index contributed by atoms with van der Waals surface area (Å²) in [7, 11) is 0. The van der Waals surface area contributed by atoms with Crippen LogP contribution < -0.4 is 4.90 Å². The van der Waals surface area contributed by atoms with E-state index in [2.05, 4.69) is 219 Å². The van der Waals surface area contributed by atoms with E-state index in [0.717, 1.165) is 17.1 Å². The molecule has 0 radical (unpaired) electrons. The molecule has 0 bridgehead atoms. The van der Waals surface area contributed by atoms with Crippen molar-refractivity contribution in [3.05, 3.63) is 211 Å². The monoisotopic (exact) mass is 665 g/mol. The maximum Gasteiger partial charge on any atom is 0.0467 e. The molecule has 0 aliphatic heterocycles. The van der Waals surface area contributed by atoms with E-state index < -0.39 is 0 Å². The molecular formula is C51H39N. The van der Waals surface area contributed by atoms with Crippen molar-refractivity contribution in [2.45, 2.75) is 19.3 Å². The lowest BCUT2D eigenvalue weighted by atomic mass is 9.81. The SMILES string of the molecule is CC1(C)c2cc(-c3ccccc3)ccc2-c2ccc(-c3ccc(N(c4ccc(-c5ccccc5)cc4)c4cccc(-c5ccccc5)c4)cc3)cc21. The number of hydrogen-bond donors (Lipinski definition) is 0. The Bertz CT molecular complexity index is 2500. The summed E-state index contributed by atoms with van der Waals surface area (Å²) in [6.07, 6.45) is 0. The summed E-state index contributed by atoms with van der Waals surface area (Å²) in [6.45, 7) is 4.73. The molecule has 0 fully saturated rings. The number of hydrogen-bond acceptors (Lipinski definition) is 1. The third kappa shape index (κ3) is 5.71. The van der Waals surface area contributed by atoms with Crippen LogP contribution in [0.1, 0.15) is 25.0 Å². The van der Waals surface area contributed by atoms with Crippen molar-refractivity contribution in [1.82, 2.24) is 0 Å². The predicted molar refractivity (Wildman–Crippen MR) is 220 cm³/mol. The minimum absolute atomic E-state index is 0.0993. The number of nitrogens with zero attached hydrogens (tertiary/aromatic N) is 1. The smallest absolute Gasteiger partial charge is 0.0467 e. The Morgan fingerprint density at radius 1 is 0.288 bits per heavy atom. The van der Waals surface area contributed by atoms with Gasteiger partial charge >= 0.3 is 0 Å². The zero-order valence-corrected chi connectivity index (χ0v) is 29.5. The van der Waals surface area contributed by atoms with Crippen molar-refractivity contribution in [1.29, 1.82) is 0 Å². The second-order valence-electron chi connectivity index (χ2n) is 14.2. The van der Waals surface area contributed by atoms with Crippen LogP contribution in [-0.4, -0.2) is 0 Å². The first-order chi connectivity index (χ1) is 25.5. The van der Waals surface area contributed by atoms with Crippen LogP contribution in [-0.2, 0) is 5.41 Å². The number of benzene rings is 8. The summed E-state index contributed by atoms with van der Waals surface area (Å²) < 4.78 is 0. The quantitative estimate of drug-likeness (QED) is 0.164. The highest BCUT2D eigenvalue weighted by molar-refractivity contribution is 5.87. The molecule has 0 unspecified atom stereocenters. The van der Waals surface area contributed by atoms with E-state index in [0.29, 0.717) is 0 Å². The summed E-state index contributed by atoms with van der Waals surface area (Å²) in [4.78, 5) is 2.36. The van der Waals surface area contributed by atoms with Crippen LogP contribution in [0.25, 0.3) is 55.6 Å². The van der Waals surface area contributed by atoms with E-state index in [1.807, 2.05) is 0 Å². The fourth-order valence-electron chi connectivity index (χ4n) is 7.87. The van der Waals surface area contributed by atoms with Crippen molar-refractivity contribution in [3.63, 3.8) is 0 Å². The molecule has 0 N–H and O–H groups in total. The van der Waals surface area contributed by atoms with Gasteiger partial charge in [-0.1, -0.05) is 166 Å². The number of rotatable bonds is 7. The van der Waals surface area contributed by atoms with E-state index in [4.69, 9.17) is 0 Å². The van der Waals surface area contributed by atoms with Crippen LogP contribution in [0, 0.1) is 0 Å². The standard InChI is InChI=1S/C51H39N/c1-51(2)49-34-42(38-17-10-5-11-18-38)25-31-47(49)48-32-26-43(35-50(48)51)40-23-29-45(30-24-40)52(44-27-21-39(22-28-44)36-13-6-3-7-14-36)46-20-12-19-41(33-46)37-15-8-4-9-16-37/h3-35H,1-2H3. The van der Waals surface area contributed by atoms with E-state index in [1.54, 1.807) is 0 Å². The predicted octanol–water partition coefficient (Wildman–Crippen LogP) is 14.1. The second-order valence-corrected chi connectivity index (χ2v) is 14.2. The van der Waals surface area contributed by atoms with Crippen molar-refractivity contribution in [3.8, 4) is 55.6 Å². The molecule has 8 aromatic rings. The summed E-state index contributed by atoms with van der Waals surface area (Å²) in [5.74, 6) is 0. The van der Waals surface area contributed by atoms with Crippen molar-refractivity contribution in [2.24, 2.45) is 0 Å². The molecule has 9 rings (SSSR count). The van der Waals surface area contributed by atoms with E-state index in [9.17, 15) is 0 Å². The zero-order chi connectivity index (χ0) is 35.1. The molecular weight excluding hydrogens is 627 g/mol. The van der Waals surface area contributed by atoms with E-state index in [1.165, 1.54) is 66.8 Å². The van der Waals surface area contributed by atoms with Gasteiger partial charge in [0, 0.05) is 22.5 Å². The average molecular weight is 666 g/mol. The topological polar surface area (TPSA) is 3.24 Å². The van der Waals surface area contributed by atoms with Crippen LogP contribution in [0.3, 0.4) is 0 Å². The van der Waals surface area contributed by atoms with Crippen LogP contribution >= 0.6 is 0 Å². The molecule has 0 spiro atoms. The Labute approximate surface area is 307 Å². The van der Waals surface area contributed by atoms with Crippen LogP contribution in [0.5, 0.6) is 0 Å². The normalized spacial score (nSPS) is 12.6. The summed E-state index contributed by atoms with van der Waals surface area (Å²) in [6, 6.07) is 72.7. The minimum Gasteiger partial charge on any atom is -0.310 e. The molecule has 248 valence electrons. The van der Waals surface area contributed by atoms with Gasteiger partial charge in [-0.05, 0) is 115 Å². The van der Waals surface area contributed by atoms with Gasteiger partial charge in [-0.2, -0.15) is 0 Å². The van der Waals surface area contributed by atoms with E-state index >= 15 is 0 Å². The average Bonchev–Trinajstić information content (AvgIpc) is 3.44. The summed E-state index contributed by atoms with van der Waals surface area (Å²) in [5, 5.41) is 0. The Hall–Kier alpha value is -6.44. The van der Waals surface area contributed by atoms with Gasteiger partial charge in [0.15, 0.2) is 0 Å². The fraction of sp³-hybridized carbons (Fsp3) is 0.0588. The number of anilines is 3. The Balaban J connectivity index is 1.07. The third-order valence-corrected chi connectivity index (χ3v) is 10.7. The largest absolute Gasteiger partial charge is 0.310 e. The summed E-state index contributed by atoms with van der Waals surface area (Å²) in [5.41, 5.74) is 18.5. The highest BCUT2D eigenvalue weighted by atomic mass is 15.1. The first-order valence-corrected chi connectivity index (χ1v) is 18.1. The first kappa shape index (κ1) is 31.5. The van der Waals surface area contributed by atoms with Gasteiger partial charge in [0.2, 0.25) is 0 Å². The molecule has 0 saturated heterocycles. The molecule has 0 saturated carbocycles. The molecule has 1 aliphatic carbocycles. The fourth-order valence-corrected chi connectivity index (χ4v) is 7.87. The molecule has 0 heterocycles. The lowest BCUT2D eigenvalue weighted by molar-refractivity contribution is 0.661. The van der Waals surface area contributed by atoms with Gasteiger partial charge in [-0.15, -0.1) is 0 Å². The van der Waals surface area contributed by atoms with Crippen LogP contribution in [0.4, 0.5) is 17.1 Å². The van der Waals surface area contributed by atoms with Gasteiger partial charge in [0.25, 0.3) is 0 Å². The first-order valence-electron chi connectivity index (χ1n) is 18.1. The Morgan fingerprint density at radius 3 is 1.10 bits per heavy atom. The zero-order valence-electron chi connectivity index (χ0n) is 29.5. The maximum absolute atomic E-state index is 2.41. The molecule has 0 aromatic heterocycles. The lowest BCUT2D eigenvalue weighted by Crippen LogP contribution is -2.15. The second kappa shape index (κ2) is 13.0. The Morgan fingerprint density at radius 2 is 0.635 bits per heavy atom. The highest BCUT2D eigenvalue weighted by Gasteiger charge is 2.35. The van der Waals surface area contributed by atoms with Gasteiger partial charge in [-0.25, -0.2) is 0 Å². The molecule has 8 aromatic carbocycles. The molecule has 52 heavy (non-hydrogen) atoms. The Kier molecular flexibility index (Phi) is 7.90. The van der Waals surface area contributed by atoms with E-state index in [-0.39, 0.29) is 5.41 Å². The minimum atomic E-state index is -0.0993. The van der Waals surface area contributed by atoms with Gasteiger partial charge in [0.1, 0.15) is 0 Å². The van der Waals surface area contributed by atoms with Gasteiger partial charge in [0.05, 0.1) is 0 Å². The van der Waals surface area contributed by atoms with Gasteiger partial charge in [-0.3, -0.25) is 0 Å². The summed E-state index contributed by atoms with van der Waals surface area (Å²) >= 11 is 0. The highest BCUT2D eigenvalue weighted by Crippen LogP contribution is 2.51. The van der Waals surface area contributed by atoms with Gasteiger partial charge < -0.3 is 4.90 Å². The molecule has 0 atom stereocenters. The van der Waals surface area contributed by atoms with Crippen molar-refractivity contribution < 1.29 is 0 Å². The van der Waals surface area contributed by atoms with Crippen LogP contribution in [0.15, 0.2) is 200 Å². The number of fused-ring (bicyclic) bond motifs is 3. The van der Waals surface area contributed by atoms with Crippen molar-refractivity contribution in [2.75, 3.05) is 4.90 Å². The molecule has 0 amide bonds. The molecule has 1 nitrogen and oxygen atoms in total. The van der Waals surface area contributed by atoms with Crippen molar-refractivity contribution >= 4 is 17.1 Å². The maximum atomic E-state index is 2.41. The molecule has 1 heteroatoms. The lowest BCUT2D eigenvalue weighted by Gasteiger charge is -2.26.